The molecule has 0 aliphatic heterocycles. The molecular formula is C11H11N5O. The van der Waals surface area contributed by atoms with Gasteiger partial charge < -0.3 is 4.57 Å². The van der Waals surface area contributed by atoms with Gasteiger partial charge in [-0.3, -0.25) is 4.79 Å². The van der Waals surface area contributed by atoms with E-state index in [9.17, 15) is 4.79 Å². The monoisotopic (exact) mass is 229 g/mol. The molecule has 1 aromatic heterocycles. The molecule has 2 aromatic rings. The Bertz CT molecular complexity index is 669. The van der Waals surface area contributed by atoms with Gasteiger partial charge in [-0.1, -0.05) is 18.1 Å². The molecule has 6 nitrogen and oxygen atoms in total. The van der Waals surface area contributed by atoms with Gasteiger partial charge in [0.1, 0.15) is 0 Å². The Kier molecular flexibility index (Phi) is 2.80. The van der Waals surface area contributed by atoms with Crippen molar-refractivity contribution in [3.63, 3.8) is 0 Å². The molecule has 1 aromatic carbocycles. The first-order valence-electron chi connectivity index (χ1n) is 5.13. The van der Waals surface area contributed by atoms with Crippen molar-refractivity contribution in [1.82, 2.24) is 9.55 Å². The molecule has 0 amide bonds. The van der Waals surface area contributed by atoms with Gasteiger partial charge in [-0.15, -0.1) is 0 Å². The van der Waals surface area contributed by atoms with E-state index in [1.54, 1.807) is 26.1 Å². The number of benzene rings is 1. The van der Waals surface area contributed by atoms with E-state index in [2.05, 4.69) is 15.0 Å². The molecule has 2 rings (SSSR count). The number of hydrogen-bond donors (Lipinski definition) is 0. The van der Waals surface area contributed by atoms with Crippen molar-refractivity contribution in [2.45, 2.75) is 13.0 Å². The summed E-state index contributed by atoms with van der Waals surface area (Å²) in [4.78, 5) is 18.8. The van der Waals surface area contributed by atoms with Crippen molar-refractivity contribution in [1.29, 1.82) is 0 Å². The molecule has 1 atom stereocenters. The number of azide groups is 1. The third-order valence-corrected chi connectivity index (χ3v) is 2.65. The zero-order valence-electron chi connectivity index (χ0n) is 9.53. The number of nitrogens with zero attached hydrogens (tertiary/aromatic N) is 5. The smallest absolute Gasteiger partial charge is 0.260 e. The molecule has 6 heteroatoms. The van der Waals surface area contributed by atoms with E-state index in [-0.39, 0.29) is 11.6 Å². The van der Waals surface area contributed by atoms with Gasteiger partial charge in [-0.05, 0) is 23.2 Å². The maximum Gasteiger partial charge on any atom is 0.260 e. The molecule has 0 aliphatic carbocycles. The van der Waals surface area contributed by atoms with Gasteiger partial charge in [0.15, 0.2) is 0 Å². The third-order valence-electron chi connectivity index (χ3n) is 2.65. The maximum atomic E-state index is 11.9. The number of rotatable bonds is 2. The number of aryl methyl sites for hydroxylation is 1. The number of fused-ring (bicyclic) bond motifs is 1. The lowest BCUT2D eigenvalue weighted by Gasteiger charge is -2.06. The van der Waals surface area contributed by atoms with Crippen molar-refractivity contribution in [2.75, 3.05) is 0 Å². The van der Waals surface area contributed by atoms with Crippen LogP contribution < -0.4 is 5.56 Å². The fourth-order valence-electron chi connectivity index (χ4n) is 1.63. The van der Waals surface area contributed by atoms with Gasteiger partial charge in [-0.2, -0.15) is 0 Å². The fraction of sp³-hybridized carbons (Fsp3) is 0.273. The molecule has 0 bridgehead atoms. The molecule has 0 N–H and O–H groups in total. The Labute approximate surface area is 97.2 Å². The third kappa shape index (κ3) is 1.98. The highest BCUT2D eigenvalue weighted by molar-refractivity contribution is 5.78. The molecule has 0 radical (unpaired) electrons. The summed E-state index contributed by atoms with van der Waals surface area (Å²) >= 11 is 0. The van der Waals surface area contributed by atoms with Crippen LogP contribution in [0.1, 0.15) is 18.5 Å². The summed E-state index contributed by atoms with van der Waals surface area (Å²) in [5.74, 6) is 0. The van der Waals surface area contributed by atoms with E-state index in [4.69, 9.17) is 5.53 Å². The molecule has 0 saturated carbocycles. The SMILES string of the molecule is CC(N=[N+]=[N-])c1ccc2ncn(C)c(=O)c2c1. The first kappa shape index (κ1) is 11.2. The predicted octanol–water partition coefficient (Wildman–Crippen LogP) is 2.30. The van der Waals surface area contributed by atoms with Gasteiger partial charge in [-0.25, -0.2) is 4.98 Å². The summed E-state index contributed by atoms with van der Waals surface area (Å²) in [5.41, 5.74) is 9.73. The summed E-state index contributed by atoms with van der Waals surface area (Å²) in [5, 5.41) is 4.14. The van der Waals surface area contributed by atoms with Crippen molar-refractivity contribution >= 4 is 10.9 Å². The molecule has 0 saturated heterocycles. The normalized spacial score (nSPS) is 12.1. The summed E-state index contributed by atoms with van der Waals surface area (Å²) < 4.78 is 1.42. The average Bonchev–Trinajstić information content (AvgIpc) is 2.34. The largest absolute Gasteiger partial charge is 0.302 e. The van der Waals surface area contributed by atoms with Gasteiger partial charge in [0, 0.05) is 12.0 Å². The zero-order valence-corrected chi connectivity index (χ0v) is 9.53. The van der Waals surface area contributed by atoms with E-state index in [0.717, 1.165) is 5.56 Å². The summed E-state index contributed by atoms with van der Waals surface area (Å²) in [7, 11) is 1.65. The molecule has 17 heavy (non-hydrogen) atoms. The van der Waals surface area contributed by atoms with Gasteiger partial charge >= 0.3 is 0 Å². The molecule has 0 aliphatic rings. The highest BCUT2D eigenvalue weighted by Crippen LogP contribution is 2.19. The van der Waals surface area contributed by atoms with Crippen LogP contribution in [0.25, 0.3) is 21.3 Å². The van der Waals surface area contributed by atoms with Gasteiger partial charge in [0.05, 0.1) is 23.3 Å². The minimum Gasteiger partial charge on any atom is -0.302 e. The Morgan fingerprint density at radius 2 is 2.29 bits per heavy atom. The molecule has 0 spiro atoms. The van der Waals surface area contributed by atoms with Gasteiger partial charge in [0.2, 0.25) is 0 Å². The lowest BCUT2D eigenvalue weighted by molar-refractivity contribution is 0.806. The van der Waals surface area contributed by atoms with Crippen LogP contribution >= 0.6 is 0 Å². The van der Waals surface area contributed by atoms with E-state index >= 15 is 0 Å². The quantitative estimate of drug-likeness (QED) is 0.449. The Morgan fingerprint density at radius 1 is 1.53 bits per heavy atom. The molecule has 86 valence electrons. The second-order valence-electron chi connectivity index (χ2n) is 3.82. The Balaban J connectivity index is 2.68. The number of hydrogen-bond acceptors (Lipinski definition) is 3. The maximum absolute atomic E-state index is 11.9. The topological polar surface area (TPSA) is 83.7 Å². The fourth-order valence-corrected chi connectivity index (χ4v) is 1.63. The zero-order chi connectivity index (χ0) is 12.4. The van der Waals surface area contributed by atoms with E-state index in [0.29, 0.717) is 10.9 Å². The minimum atomic E-state index is -0.297. The van der Waals surface area contributed by atoms with Crippen molar-refractivity contribution in [3.05, 3.63) is 50.9 Å². The minimum absolute atomic E-state index is 0.106. The second kappa shape index (κ2) is 4.27. The predicted molar refractivity (Wildman–Crippen MR) is 64.5 cm³/mol. The summed E-state index contributed by atoms with van der Waals surface area (Å²) in [6.07, 6.45) is 1.49. The highest BCUT2D eigenvalue weighted by Gasteiger charge is 2.07. The standard InChI is InChI=1S/C11H11N5O/c1-7(14-15-12)8-3-4-10-9(5-8)11(17)16(2)6-13-10/h3-7H,1-2H3. The Morgan fingerprint density at radius 3 is 3.00 bits per heavy atom. The lowest BCUT2D eigenvalue weighted by atomic mass is 10.1. The molecule has 1 heterocycles. The van der Waals surface area contributed by atoms with Crippen LogP contribution in [0.15, 0.2) is 34.4 Å². The highest BCUT2D eigenvalue weighted by atomic mass is 16.1. The van der Waals surface area contributed by atoms with Crippen molar-refractivity contribution < 1.29 is 0 Å². The Hall–Kier alpha value is -2.33. The van der Waals surface area contributed by atoms with Crippen molar-refractivity contribution in [3.8, 4) is 0 Å². The van der Waals surface area contributed by atoms with Crippen LogP contribution in [0.5, 0.6) is 0 Å². The number of aromatic nitrogens is 2. The van der Waals surface area contributed by atoms with Gasteiger partial charge in [0.25, 0.3) is 5.56 Å². The summed E-state index contributed by atoms with van der Waals surface area (Å²) in [6.45, 7) is 1.78. The molecule has 1 unspecified atom stereocenters. The van der Waals surface area contributed by atoms with Crippen LogP contribution in [-0.2, 0) is 7.05 Å². The van der Waals surface area contributed by atoms with Crippen LogP contribution in [0.2, 0.25) is 0 Å². The first-order chi connectivity index (χ1) is 8.13. The van der Waals surface area contributed by atoms with E-state index in [1.165, 1.54) is 10.9 Å². The van der Waals surface area contributed by atoms with Crippen molar-refractivity contribution in [2.24, 2.45) is 12.2 Å². The second-order valence-corrected chi connectivity index (χ2v) is 3.82. The first-order valence-corrected chi connectivity index (χ1v) is 5.13. The summed E-state index contributed by atoms with van der Waals surface area (Å²) in [6, 6.07) is 5.00. The van der Waals surface area contributed by atoms with Crippen LogP contribution in [0.4, 0.5) is 0 Å². The van der Waals surface area contributed by atoms with E-state index < -0.39 is 0 Å². The van der Waals surface area contributed by atoms with Crippen LogP contribution in [0.3, 0.4) is 0 Å². The van der Waals surface area contributed by atoms with Crippen LogP contribution in [0, 0.1) is 0 Å². The lowest BCUT2D eigenvalue weighted by Crippen LogP contribution is -2.17. The van der Waals surface area contributed by atoms with E-state index in [1.807, 2.05) is 6.07 Å². The average molecular weight is 229 g/mol. The molecule has 0 fully saturated rings. The molecular weight excluding hydrogens is 218 g/mol. The van der Waals surface area contributed by atoms with Crippen LogP contribution in [-0.4, -0.2) is 9.55 Å².